The van der Waals surface area contributed by atoms with E-state index < -0.39 is 11.5 Å². The Morgan fingerprint density at radius 3 is 2.70 bits per heavy atom. The summed E-state index contributed by atoms with van der Waals surface area (Å²) in [6, 6.07) is 0. The molecule has 0 bridgehead atoms. The van der Waals surface area contributed by atoms with Gasteiger partial charge >= 0.3 is 0 Å². The molecule has 0 aromatic carbocycles. The van der Waals surface area contributed by atoms with E-state index in [0.717, 1.165) is 24.8 Å². The average Bonchev–Trinajstić information content (AvgIpc) is 2.63. The first-order valence-electron chi connectivity index (χ1n) is 7.57. The minimum absolute atomic E-state index is 0.415. The van der Waals surface area contributed by atoms with Crippen LogP contribution in [-0.2, 0) is 4.79 Å². The maximum Gasteiger partial charge on any atom is 0.253 e. The van der Waals surface area contributed by atoms with Gasteiger partial charge in [-0.1, -0.05) is 62.5 Å². The molecule has 0 aromatic rings. The van der Waals surface area contributed by atoms with Crippen LogP contribution in [-0.4, -0.2) is 16.6 Å². The van der Waals surface area contributed by atoms with E-state index in [0.29, 0.717) is 18.4 Å². The number of allylic oxidation sites excluding steroid dienone is 5. The minimum atomic E-state index is -1.50. The van der Waals surface area contributed by atoms with Crippen molar-refractivity contribution in [1.82, 2.24) is 0 Å². The van der Waals surface area contributed by atoms with Gasteiger partial charge in [0.25, 0.3) is 5.91 Å². The van der Waals surface area contributed by atoms with Crippen molar-refractivity contribution < 1.29 is 9.90 Å². The number of unbranched alkanes of at least 4 members (excludes halogenated alkanes) is 4. The molecule has 0 aliphatic heterocycles. The highest BCUT2D eigenvalue weighted by Gasteiger charge is 2.36. The van der Waals surface area contributed by atoms with E-state index >= 15 is 0 Å². The van der Waals surface area contributed by atoms with Gasteiger partial charge in [0.1, 0.15) is 0 Å². The van der Waals surface area contributed by atoms with Crippen LogP contribution < -0.4 is 5.73 Å². The Bertz CT molecular complexity index is 418. The van der Waals surface area contributed by atoms with Gasteiger partial charge < -0.3 is 10.8 Å². The van der Waals surface area contributed by atoms with Gasteiger partial charge in [0.2, 0.25) is 0 Å². The molecule has 1 unspecified atom stereocenters. The number of amides is 1. The third-order valence-electron chi connectivity index (χ3n) is 3.88. The van der Waals surface area contributed by atoms with Gasteiger partial charge in [-0.2, -0.15) is 0 Å². The van der Waals surface area contributed by atoms with Crippen LogP contribution in [0.2, 0.25) is 0 Å². The van der Waals surface area contributed by atoms with Crippen molar-refractivity contribution in [3.8, 4) is 0 Å². The summed E-state index contributed by atoms with van der Waals surface area (Å²) in [6.07, 6.45) is 14.0. The number of carbonyl (C=O) groups excluding carboxylic acids is 1. The fraction of sp³-hybridized carbons (Fsp3) is 0.588. The van der Waals surface area contributed by atoms with Crippen LogP contribution in [0.25, 0.3) is 0 Å². The van der Waals surface area contributed by atoms with Crippen LogP contribution in [0.3, 0.4) is 0 Å². The molecular formula is C17H27NO2. The van der Waals surface area contributed by atoms with Gasteiger partial charge in [-0.05, 0) is 31.8 Å². The molecule has 0 radical (unpaired) electrons. The van der Waals surface area contributed by atoms with E-state index in [-0.39, 0.29) is 0 Å². The second-order valence-electron chi connectivity index (χ2n) is 5.59. The quantitative estimate of drug-likeness (QED) is 0.668. The summed E-state index contributed by atoms with van der Waals surface area (Å²) in [5, 5.41) is 10.7. The predicted octanol–water partition coefficient (Wildman–Crippen LogP) is 3.40. The summed E-state index contributed by atoms with van der Waals surface area (Å²) >= 11 is 0. The third-order valence-corrected chi connectivity index (χ3v) is 3.88. The minimum Gasteiger partial charge on any atom is -0.376 e. The Kier molecular flexibility index (Phi) is 6.73. The lowest BCUT2D eigenvalue weighted by molar-refractivity contribution is -0.133. The number of carbonyl (C=O) groups is 1. The number of rotatable bonds is 8. The van der Waals surface area contributed by atoms with Crippen molar-refractivity contribution in [3.63, 3.8) is 0 Å². The number of primary amides is 1. The molecule has 3 nitrogen and oxygen atoms in total. The average molecular weight is 277 g/mol. The lowest BCUT2D eigenvalue weighted by atomic mass is 9.85. The lowest BCUT2D eigenvalue weighted by Crippen LogP contribution is -2.45. The summed E-state index contributed by atoms with van der Waals surface area (Å²) in [7, 11) is 0. The predicted molar refractivity (Wildman–Crippen MR) is 83.1 cm³/mol. The van der Waals surface area contributed by atoms with E-state index in [2.05, 4.69) is 6.92 Å². The Morgan fingerprint density at radius 1 is 1.35 bits per heavy atom. The molecule has 1 aliphatic rings. The van der Waals surface area contributed by atoms with Crippen LogP contribution in [0.4, 0.5) is 0 Å². The van der Waals surface area contributed by atoms with Gasteiger partial charge in [0, 0.05) is 0 Å². The fourth-order valence-electron chi connectivity index (χ4n) is 2.46. The van der Waals surface area contributed by atoms with Crippen molar-refractivity contribution in [2.45, 2.75) is 64.4 Å². The summed E-state index contributed by atoms with van der Waals surface area (Å²) in [5.41, 5.74) is 5.78. The highest BCUT2D eigenvalue weighted by molar-refractivity contribution is 5.87. The number of nitrogens with two attached hydrogens (primary N) is 1. The van der Waals surface area contributed by atoms with Crippen LogP contribution in [0.1, 0.15) is 58.8 Å². The summed E-state index contributed by atoms with van der Waals surface area (Å²) in [5.74, 6) is -0.638. The van der Waals surface area contributed by atoms with Gasteiger partial charge in [-0.15, -0.1) is 0 Å². The van der Waals surface area contributed by atoms with Crippen LogP contribution in [0.5, 0.6) is 0 Å². The maximum absolute atomic E-state index is 11.7. The molecule has 0 fully saturated rings. The molecule has 0 saturated heterocycles. The molecule has 1 atom stereocenters. The Balaban J connectivity index is 2.69. The molecule has 112 valence electrons. The second kappa shape index (κ2) is 8.05. The van der Waals surface area contributed by atoms with E-state index in [9.17, 15) is 9.90 Å². The Morgan fingerprint density at radius 2 is 2.05 bits per heavy atom. The monoisotopic (exact) mass is 277 g/mol. The molecule has 3 N–H and O–H groups in total. The normalized spacial score (nSPS) is 17.9. The first-order chi connectivity index (χ1) is 9.50. The van der Waals surface area contributed by atoms with E-state index in [1.807, 2.05) is 31.2 Å². The molecule has 0 saturated carbocycles. The Hall–Kier alpha value is -1.35. The second-order valence-corrected chi connectivity index (χ2v) is 5.59. The van der Waals surface area contributed by atoms with Crippen LogP contribution >= 0.6 is 0 Å². The van der Waals surface area contributed by atoms with Crippen molar-refractivity contribution >= 4 is 5.91 Å². The zero-order valence-electron chi connectivity index (χ0n) is 12.7. The standard InChI is InChI=1S/C17H27NO2/c1-3-4-5-6-7-13-17(20,16(18)19)15-10-8-9-14(2)11-12-15/h8-11,20H,3-7,12-13H2,1-2H3,(H2,18,19). The largest absolute Gasteiger partial charge is 0.376 e. The van der Waals surface area contributed by atoms with Gasteiger partial charge in [-0.25, -0.2) is 0 Å². The molecule has 1 amide bonds. The highest BCUT2D eigenvalue weighted by atomic mass is 16.3. The number of aliphatic hydroxyl groups is 1. The van der Waals surface area contributed by atoms with E-state index in [4.69, 9.17) is 5.73 Å². The molecule has 20 heavy (non-hydrogen) atoms. The van der Waals surface area contributed by atoms with E-state index in [1.165, 1.54) is 12.8 Å². The first-order valence-corrected chi connectivity index (χ1v) is 7.57. The molecule has 3 heteroatoms. The van der Waals surface area contributed by atoms with Crippen molar-refractivity contribution in [3.05, 3.63) is 35.5 Å². The van der Waals surface area contributed by atoms with Crippen LogP contribution in [0, 0.1) is 0 Å². The SMILES string of the molecule is CCCCCCCC(O)(C(N)=O)C1=CC=CC(C)=CC1. The number of hydrogen-bond donors (Lipinski definition) is 2. The van der Waals surface area contributed by atoms with E-state index in [1.54, 1.807) is 0 Å². The molecule has 1 aliphatic carbocycles. The van der Waals surface area contributed by atoms with Gasteiger partial charge in [0.15, 0.2) is 5.60 Å². The van der Waals surface area contributed by atoms with Crippen LogP contribution in [0.15, 0.2) is 35.5 Å². The summed E-state index contributed by atoms with van der Waals surface area (Å²) in [4.78, 5) is 11.7. The molecule has 0 heterocycles. The highest BCUT2D eigenvalue weighted by Crippen LogP contribution is 2.29. The zero-order valence-corrected chi connectivity index (χ0v) is 12.7. The van der Waals surface area contributed by atoms with Crippen molar-refractivity contribution in [2.24, 2.45) is 5.73 Å². The van der Waals surface area contributed by atoms with Crippen molar-refractivity contribution in [2.75, 3.05) is 0 Å². The maximum atomic E-state index is 11.7. The smallest absolute Gasteiger partial charge is 0.253 e. The van der Waals surface area contributed by atoms with Gasteiger partial charge in [0.05, 0.1) is 0 Å². The van der Waals surface area contributed by atoms with Gasteiger partial charge in [-0.3, -0.25) is 4.79 Å². The number of hydrogen-bond acceptors (Lipinski definition) is 2. The first kappa shape index (κ1) is 16.7. The Labute approximate surface area is 122 Å². The topological polar surface area (TPSA) is 63.3 Å². The zero-order chi connectivity index (χ0) is 15.0. The molecular weight excluding hydrogens is 250 g/mol. The molecule has 0 spiro atoms. The van der Waals surface area contributed by atoms with Crippen molar-refractivity contribution in [1.29, 1.82) is 0 Å². The summed E-state index contributed by atoms with van der Waals surface area (Å²) in [6.45, 7) is 4.17. The molecule has 0 aromatic heterocycles. The third kappa shape index (κ3) is 4.64. The summed E-state index contributed by atoms with van der Waals surface area (Å²) < 4.78 is 0. The molecule has 1 rings (SSSR count). The lowest BCUT2D eigenvalue weighted by Gasteiger charge is -2.27. The fourth-order valence-corrected chi connectivity index (χ4v) is 2.46.